The molecule has 0 bridgehead atoms. The molecular formula is C11H18O7. The van der Waals surface area contributed by atoms with Gasteiger partial charge in [-0.2, -0.15) is 4.89 Å². The van der Waals surface area contributed by atoms with Gasteiger partial charge in [0.1, 0.15) is 11.9 Å². The van der Waals surface area contributed by atoms with E-state index in [2.05, 4.69) is 9.47 Å². The van der Waals surface area contributed by atoms with Gasteiger partial charge in [0, 0.05) is 6.92 Å². The highest BCUT2D eigenvalue weighted by Crippen LogP contribution is 2.09. The Labute approximate surface area is 105 Å². The van der Waals surface area contributed by atoms with Crippen molar-refractivity contribution in [3.05, 3.63) is 11.8 Å². The van der Waals surface area contributed by atoms with E-state index in [1.165, 1.54) is 13.8 Å². The highest BCUT2D eigenvalue weighted by molar-refractivity contribution is 5.87. The number of rotatable bonds is 5. The molecule has 0 saturated heterocycles. The number of hydrogen-bond acceptors (Lipinski definition) is 6. The van der Waals surface area contributed by atoms with E-state index in [4.69, 9.17) is 14.9 Å². The SMILES string of the molecule is CC(=COOC(C)(C)C)C(=O)OC(C)OC(=O)O. The molecule has 0 aromatic rings. The van der Waals surface area contributed by atoms with E-state index < -0.39 is 24.0 Å². The minimum absolute atomic E-state index is 0.111. The molecule has 0 heterocycles. The summed E-state index contributed by atoms with van der Waals surface area (Å²) in [6.45, 7) is 8.04. The average molecular weight is 262 g/mol. The largest absolute Gasteiger partial charge is 0.508 e. The van der Waals surface area contributed by atoms with Gasteiger partial charge in [-0.3, -0.25) is 0 Å². The summed E-state index contributed by atoms with van der Waals surface area (Å²) in [5.74, 6) is -0.763. The molecular weight excluding hydrogens is 244 g/mol. The lowest BCUT2D eigenvalue weighted by Gasteiger charge is -2.16. The van der Waals surface area contributed by atoms with Gasteiger partial charge < -0.3 is 19.5 Å². The van der Waals surface area contributed by atoms with Crippen LogP contribution in [0, 0.1) is 0 Å². The summed E-state index contributed by atoms with van der Waals surface area (Å²) in [6, 6.07) is 0. The van der Waals surface area contributed by atoms with Gasteiger partial charge in [-0.15, -0.1) is 0 Å². The normalized spacial score (nSPS) is 13.7. The second-order valence-electron chi connectivity index (χ2n) is 4.45. The van der Waals surface area contributed by atoms with Crippen LogP contribution in [-0.4, -0.2) is 29.1 Å². The number of carboxylic acid groups (broad SMARTS) is 1. The smallest absolute Gasteiger partial charge is 0.450 e. The van der Waals surface area contributed by atoms with Crippen LogP contribution in [0.2, 0.25) is 0 Å². The molecule has 0 aromatic carbocycles. The first-order chi connectivity index (χ1) is 8.11. The van der Waals surface area contributed by atoms with Crippen LogP contribution in [0.1, 0.15) is 34.6 Å². The Morgan fingerprint density at radius 1 is 1.22 bits per heavy atom. The van der Waals surface area contributed by atoms with E-state index in [0.717, 1.165) is 6.26 Å². The zero-order valence-electron chi connectivity index (χ0n) is 11.1. The molecule has 0 saturated carbocycles. The topological polar surface area (TPSA) is 91.3 Å². The summed E-state index contributed by atoms with van der Waals surface area (Å²) < 4.78 is 8.86. The van der Waals surface area contributed by atoms with Crippen molar-refractivity contribution in [2.24, 2.45) is 0 Å². The maximum atomic E-state index is 11.4. The molecule has 1 unspecified atom stereocenters. The molecule has 1 atom stereocenters. The zero-order chi connectivity index (χ0) is 14.3. The number of carbonyl (C=O) groups excluding carboxylic acids is 1. The molecule has 0 aromatic heterocycles. The standard InChI is InChI=1S/C11H18O7/c1-7(6-15-18-11(3,4)5)9(12)16-8(2)17-10(13)14/h6,8H,1-5H3,(H,13,14). The van der Waals surface area contributed by atoms with E-state index in [1.54, 1.807) is 20.8 Å². The van der Waals surface area contributed by atoms with Crippen molar-refractivity contribution in [3.63, 3.8) is 0 Å². The van der Waals surface area contributed by atoms with E-state index >= 15 is 0 Å². The van der Waals surface area contributed by atoms with Crippen molar-refractivity contribution in [2.75, 3.05) is 0 Å². The Morgan fingerprint density at radius 3 is 2.22 bits per heavy atom. The van der Waals surface area contributed by atoms with Crippen LogP contribution in [-0.2, 0) is 24.0 Å². The lowest BCUT2D eigenvalue weighted by atomic mass is 10.2. The maximum Gasteiger partial charge on any atom is 0.508 e. The Morgan fingerprint density at radius 2 is 1.78 bits per heavy atom. The number of ether oxygens (including phenoxy) is 2. The summed E-state index contributed by atoms with van der Waals surface area (Å²) in [5.41, 5.74) is -0.402. The summed E-state index contributed by atoms with van der Waals surface area (Å²) in [5, 5.41) is 8.29. The molecule has 0 aliphatic heterocycles. The molecule has 0 amide bonds. The Bertz CT molecular complexity index is 327. The molecule has 0 radical (unpaired) electrons. The second-order valence-corrected chi connectivity index (χ2v) is 4.45. The molecule has 0 aliphatic carbocycles. The third kappa shape index (κ3) is 8.40. The minimum Gasteiger partial charge on any atom is -0.450 e. The Kier molecular flexibility index (Phi) is 6.18. The first kappa shape index (κ1) is 16.2. The van der Waals surface area contributed by atoms with Gasteiger partial charge in [0.2, 0.25) is 6.29 Å². The van der Waals surface area contributed by atoms with Crippen LogP contribution in [0.25, 0.3) is 0 Å². The highest BCUT2D eigenvalue weighted by Gasteiger charge is 2.16. The fraction of sp³-hybridized carbons (Fsp3) is 0.636. The van der Waals surface area contributed by atoms with Crippen molar-refractivity contribution in [3.8, 4) is 0 Å². The van der Waals surface area contributed by atoms with Gasteiger partial charge in [0.25, 0.3) is 0 Å². The predicted octanol–water partition coefficient (Wildman–Crippen LogP) is 2.22. The van der Waals surface area contributed by atoms with Crippen LogP contribution in [0.3, 0.4) is 0 Å². The first-order valence-electron chi connectivity index (χ1n) is 5.23. The van der Waals surface area contributed by atoms with Crippen LogP contribution >= 0.6 is 0 Å². The fourth-order valence-electron chi connectivity index (χ4n) is 0.698. The van der Waals surface area contributed by atoms with Crippen LogP contribution in [0.4, 0.5) is 4.79 Å². The van der Waals surface area contributed by atoms with Crippen molar-refractivity contribution in [2.45, 2.75) is 46.5 Å². The maximum absolute atomic E-state index is 11.4. The predicted molar refractivity (Wildman–Crippen MR) is 60.3 cm³/mol. The third-order valence-electron chi connectivity index (χ3n) is 1.38. The number of hydrogen-bond donors (Lipinski definition) is 1. The molecule has 0 fully saturated rings. The molecule has 7 heteroatoms. The lowest BCUT2D eigenvalue weighted by Crippen LogP contribution is -2.21. The van der Waals surface area contributed by atoms with Crippen molar-refractivity contribution in [1.82, 2.24) is 0 Å². The Hall–Kier alpha value is -1.76. The third-order valence-corrected chi connectivity index (χ3v) is 1.38. The number of carbonyl (C=O) groups is 2. The summed E-state index contributed by atoms with van der Waals surface area (Å²) >= 11 is 0. The van der Waals surface area contributed by atoms with Crippen molar-refractivity contribution in [1.29, 1.82) is 0 Å². The molecule has 0 aliphatic rings. The molecule has 0 spiro atoms. The second kappa shape index (κ2) is 6.85. The summed E-state index contributed by atoms with van der Waals surface area (Å²) in [7, 11) is 0. The molecule has 1 N–H and O–H groups in total. The van der Waals surface area contributed by atoms with Crippen LogP contribution in [0.15, 0.2) is 11.8 Å². The van der Waals surface area contributed by atoms with Gasteiger partial charge in [-0.1, -0.05) is 0 Å². The molecule has 0 rings (SSSR count). The van der Waals surface area contributed by atoms with Gasteiger partial charge >= 0.3 is 12.1 Å². The lowest BCUT2D eigenvalue weighted by molar-refractivity contribution is -0.311. The van der Waals surface area contributed by atoms with Gasteiger partial charge in [-0.25, -0.2) is 9.59 Å². The van der Waals surface area contributed by atoms with Crippen LogP contribution < -0.4 is 0 Å². The van der Waals surface area contributed by atoms with E-state index in [0.29, 0.717) is 0 Å². The van der Waals surface area contributed by atoms with E-state index in [-0.39, 0.29) is 5.57 Å². The monoisotopic (exact) mass is 262 g/mol. The highest BCUT2D eigenvalue weighted by atomic mass is 17.2. The molecule has 7 nitrogen and oxygen atoms in total. The quantitative estimate of drug-likeness (QED) is 0.203. The van der Waals surface area contributed by atoms with Crippen LogP contribution in [0.5, 0.6) is 0 Å². The molecule has 18 heavy (non-hydrogen) atoms. The van der Waals surface area contributed by atoms with Gasteiger partial charge in [0.15, 0.2) is 0 Å². The number of esters is 1. The molecule has 104 valence electrons. The van der Waals surface area contributed by atoms with Crippen molar-refractivity contribution >= 4 is 12.1 Å². The average Bonchev–Trinajstić information content (AvgIpc) is 2.13. The van der Waals surface area contributed by atoms with Gasteiger partial charge in [-0.05, 0) is 27.7 Å². The minimum atomic E-state index is -1.52. The zero-order valence-corrected chi connectivity index (χ0v) is 11.1. The van der Waals surface area contributed by atoms with E-state index in [9.17, 15) is 9.59 Å². The summed E-state index contributed by atoms with van der Waals surface area (Å²) in [4.78, 5) is 31.2. The first-order valence-corrected chi connectivity index (χ1v) is 5.23. The van der Waals surface area contributed by atoms with Crippen molar-refractivity contribution < 1.29 is 33.9 Å². The summed E-state index contributed by atoms with van der Waals surface area (Å²) in [6.07, 6.45) is -1.65. The van der Waals surface area contributed by atoms with Gasteiger partial charge in [0.05, 0.1) is 5.57 Å². The van der Waals surface area contributed by atoms with E-state index in [1.807, 2.05) is 0 Å². The fourth-order valence-corrected chi connectivity index (χ4v) is 0.698. The Balaban J connectivity index is 4.17.